The van der Waals surface area contributed by atoms with E-state index in [2.05, 4.69) is 130 Å². The molecule has 446 valence electrons. The second-order valence-electron chi connectivity index (χ2n) is 21.6. The molecule has 0 rings (SSSR count). The van der Waals surface area contributed by atoms with Gasteiger partial charge in [-0.3, -0.25) is 14.4 Å². The predicted molar refractivity (Wildman–Crippen MR) is 339 cm³/mol. The SMILES string of the molecule is CC/C=C\C/C=C\C/C=C\C/C=C\C/C=C\C/C=C\C/C=C\C/C=C\CCCCCCCCCCCCC(=O)OCC(COC(=O)CCCCCCC/C=C\CCC)OC(=O)CCCCCCCCCCCCCCCCC. The maximum absolute atomic E-state index is 12.9. The summed E-state index contributed by atoms with van der Waals surface area (Å²) < 4.78 is 16.9. The Morgan fingerprint density at radius 2 is 0.526 bits per heavy atom. The second kappa shape index (κ2) is 65.6. The molecule has 0 bridgehead atoms. The van der Waals surface area contributed by atoms with Gasteiger partial charge in [0, 0.05) is 19.3 Å². The van der Waals surface area contributed by atoms with Gasteiger partial charge in [-0.15, -0.1) is 0 Å². The summed E-state index contributed by atoms with van der Waals surface area (Å²) in [4.78, 5) is 38.2. The summed E-state index contributed by atoms with van der Waals surface area (Å²) in [6, 6.07) is 0. The number of carbonyl (C=O) groups is 3. The Balaban J connectivity index is 4.15. The molecule has 0 saturated heterocycles. The van der Waals surface area contributed by atoms with Crippen molar-refractivity contribution in [2.75, 3.05) is 13.2 Å². The number of ether oxygens (including phenoxy) is 3. The zero-order valence-corrected chi connectivity index (χ0v) is 51.2. The van der Waals surface area contributed by atoms with Crippen LogP contribution in [0, 0.1) is 0 Å². The van der Waals surface area contributed by atoms with Crippen molar-refractivity contribution in [3.05, 3.63) is 109 Å². The van der Waals surface area contributed by atoms with Crippen molar-refractivity contribution in [2.45, 2.75) is 316 Å². The van der Waals surface area contributed by atoms with E-state index in [9.17, 15) is 14.4 Å². The molecule has 0 aromatic carbocycles. The summed E-state index contributed by atoms with van der Waals surface area (Å²) >= 11 is 0. The number of hydrogen-bond donors (Lipinski definition) is 0. The Labute approximate surface area is 482 Å². The monoisotopic (exact) mass is 1080 g/mol. The molecule has 78 heavy (non-hydrogen) atoms. The Bertz CT molecular complexity index is 1570. The summed E-state index contributed by atoms with van der Waals surface area (Å²) in [6.07, 6.45) is 89.7. The summed E-state index contributed by atoms with van der Waals surface area (Å²) in [6.45, 7) is 6.48. The molecule has 1 unspecified atom stereocenters. The smallest absolute Gasteiger partial charge is 0.306 e. The van der Waals surface area contributed by atoms with Crippen LogP contribution in [0.1, 0.15) is 310 Å². The van der Waals surface area contributed by atoms with Gasteiger partial charge in [-0.25, -0.2) is 0 Å². The first kappa shape index (κ1) is 74.1. The molecule has 0 aliphatic heterocycles. The van der Waals surface area contributed by atoms with Crippen LogP contribution in [0.5, 0.6) is 0 Å². The minimum absolute atomic E-state index is 0.0800. The van der Waals surface area contributed by atoms with Crippen LogP contribution >= 0.6 is 0 Å². The van der Waals surface area contributed by atoms with Gasteiger partial charge in [0.1, 0.15) is 13.2 Å². The Morgan fingerprint density at radius 3 is 0.846 bits per heavy atom. The largest absolute Gasteiger partial charge is 0.462 e. The fourth-order valence-corrected chi connectivity index (χ4v) is 9.11. The summed E-state index contributed by atoms with van der Waals surface area (Å²) in [5.74, 6) is -0.885. The zero-order chi connectivity index (χ0) is 56.4. The van der Waals surface area contributed by atoms with Crippen molar-refractivity contribution in [1.82, 2.24) is 0 Å². The molecule has 1 atom stereocenters. The number of rotatable bonds is 59. The second-order valence-corrected chi connectivity index (χ2v) is 21.6. The minimum atomic E-state index is -0.781. The van der Waals surface area contributed by atoms with E-state index in [4.69, 9.17) is 14.2 Å². The molecule has 0 radical (unpaired) electrons. The first-order valence-electron chi connectivity index (χ1n) is 32.9. The molecule has 0 aromatic heterocycles. The van der Waals surface area contributed by atoms with Gasteiger partial charge in [0.05, 0.1) is 0 Å². The molecule has 0 aromatic rings. The zero-order valence-electron chi connectivity index (χ0n) is 51.2. The average molecular weight is 1080 g/mol. The average Bonchev–Trinajstić information content (AvgIpc) is 3.44. The molecule has 0 fully saturated rings. The molecule has 0 aliphatic rings. The summed E-state index contributed by atoms with van der Waals surface area (Å²) in [5, 5.41) is 0. The molecule has 0 amide bonds. The fraction of sp³-hybridized carbons (Fsp3) is 0.708. The lowest BCUT2D eigenvalue weighted by atomic mass is 10.0. The Hall–Kier alpha value is -3.93. The van der Waals surface area contributed by atoms with Gasteiger partial charge in [-0.1, -0.05) is 297 Å². The van der Waals surface area contributed by atoms with E-state index in [0.717, 1.165) is 122 Å². The van der Waals surface area contributed by atoms with E-state index in [1.165, 1.54) is 148 Å². The third-order valence-corrected chi connectivity index (χ3v) is 14.0. The lowest BCUT2D eigenvalue weighted by molar-refractivity contribution is -0.167. The number of carbonyl (C=O) groups excluding carboxylic acids is 3. The molecule has 0 heterocycles. The van der Waals surface area contributed by atoms with Gasteiger partial charge in [-0.2, -0.15) is 0 Å². The van der Waals surface area contributed by atoms with Gasteiger partial charge in [0.25, 0.3) is 0 Å². The van der Waals surface area contributed by atoms with Crippen molar-refractivity contribution in [3.8, 4) is 0 Å². The Morgan fingerprint density at radius 1 is 0.269 bits per heavy atom. The highest BCUT2D eigenvalue weighted by atomic mass is 16.6. The lowest BCUT2D eigenvalue weighted by Gasteiger charge is -2.18. The Kier molecular flexibility index (Phi) is 62.3. The summed E-state index contributed by atoms with van der Waals surface area (Å²) in [7, 11) is 0. The van der Waals surface area contributed by atoms with Crippen LogP contribution in [-0.4, -0.2) is 37.2 Å². The maximum atomic E-state index is 12.9. The van der Waals surface area contributed by atoms with E-state index in [0.29, 0.717) is 19.3 Å². The van der Waals surface area contributed by atoms with Crippen molar-refractivity contribution >= 4 is 17.9 Å². The summed E-state index contributed by atoms with van der Waals surface area (Å²) in [5.41, 5.74) is 0. The third kappa shape index (κ3) is 62.9. The minimum Gasteiger partial charge on any atom is -0.462 e. The molecule has 0 saturated carbocycles. The first-order valence-corrected chi connectivity index (χ1v) is 32.9. The van der Waals surface area contributed by atoms with Crippen LogP contribution in [0.25, 0.3) is 0 Å². The maximum Gasteiger partial charge on any atom is 0.306 e. The molecule has 6 nitrogen and oxygen atoms in total. The molecular weight excluding hydrogens is 961 g/mol. The molecule has 0 N–H and O–H groups in total. The van der Waals surface area contributed by atoms with E-state index >= 15 is 0 Å². The van der Waals surface area contributed by atoms with Crippen LogP contribution < -0.4 is 0 Å². The quantitative estimate of drug-likeness (QED) is 0.0261. The number of hydrogen-bond acceptors (Lipinski definition) is 6. The molecule has 6 heteroatoms. The highest BCUT2D eigenvalue weighted by Gasteiger charge is 2.19. The van der Waals surface area contributed by atoms with Crippen LogP contribution in [0.4, 0.5) is 0 Å². The van der Waals surface area contributed by atoms with Crippen molar-refractivity contribution in [3.63, 3.8) is 0 Å². The normalized spacial score (nSPS) is 12.8. The van der Waals surface area contributed by atoms with Gasteiger partial charge in [0.2, 0.25) is 0 Å². The van der Waals surface area contributed by atoms with E-state index in [1.807, 2.05) is 0 Å². The topological polar surface area (TPSA) is 78.9 Å². The van der Waals surface area contributed by atoms with E-state index in [-0.39, 0.29) is 31.1 Å². The van der Waals surface area contributed by atoms with E-state index < -0.39 is 6.10 Å². The van der Waals surface area contributed by atoms with Crippen LogP contribution in [-0.2, 0) is 28.6 Å². The highest BCUT2D eigenvalue weighted by Crippen LogP contribution is 2.16. The van der Waals surface area contributed by atoms with Crippen LogP contribution in [0.2, 0.25) is 0 Å². The molecule has 0 aliphatic carbocycles. The van der Waals surface area contributed by atoms with Crippen LogP contribution in [0.3, 0.4) is 0 Å². The standard InChI is InChI=1S/C72H122O6/c1-4-7-10-13-16-19-22-24-26-27-28-29-30-31-32-33-34-35-36-37-38-39-40-41-42-43-44-45-47-48-50-53-56-59-62-65-71(74)77-68-69(67-76-70(73)64-61-58-55-52-21-18-15-12-9-6-3)78-72(75)66-63-60-57-54-51-49-46-25-23-20-17-14-11-8-5-2/h7,10,12,15-16,19,24,26,28-29,31-32,34-35,37-38,40-41,69H,4-6,8-9,11,13-14,17-18,20-23,25,27,30,33,36,39,42-68H2,1-3H3/b10-7-,15-12-,19-16-,26-24-,29-28-,32-31-,35-34-,38-37-,41-40-. The van der Waals surface area contributed by atoms with Gasteiger partial charge >= 0.3 is 17.9 Å². The lowest BCUT2D eigenvalue weighted by Crippen LogP contribution is -2.30. The van der Waals surface area contributed by atoms with Crippen molar-refractivity contribution in [2.24, 2.45) is 0 Å². The highest BCUT2D eigenvalue weighted by molar-refractivity contribution is 5.71. The van der Waals surface area contributed by atoms with Crippen molar-refractivity contribution < 1.29 is 28.6 Å². The number of esters is 3. The van der Waals surface area contributed by atoms with E-state index in [1.54, 1.807) is 0 Å². The number of allylic oxidation sites excluding steroid dienone is 18. The van der Waals surface area contributed by atoms with Gasteiger partial charge in [0.15, 0.2) is 6.10 Å². The van der Waals surface area contributed by atoms with Crippen LogP contribution in [0.15, 0.2) is 109 Å². The first-order chi connectivity index (χ1) is 38.5. The molecular formula is C72H122O6. The van der Waals surface area contributed by atoms with Crippen molar-refractivity contribution in [1.29, 1.82) is 0 Å². The fourth-order valence-electron chi connectivity index (χ4n) is 9.11. The number of unbranched alkanes of at least 4 members (excludes halogenated alkanes) is 30. The third-order valence-electron chi connectivity index (χ3n) is 14.0. The van der Waals surface area contributed by atoms with Gasteiger partial charge in [-0.05, 0) is 103 Å². The molecule has 0 spiro atoms. The van der Waals surface area contributed by atoms with Gasteiger partial charge < -0.3 is 14.2 Å². The predicted octanol–water partition coefficient (Wildman–Crippen LogP) is 22.6.